The van der Waals surface area contributed by atoms with E-state index in [1.807, 2.05) is 0 Å². The lowest BCUT2D eigenvalue weighted by atomic mass is 10.0. The third kappa shape index (κ3) is 6.75. The van der Waals surface area contributed by atoms with Crippen LogP contribution in [0.5, 0.6) is 0 Å². The van der Waals surface area contributed by atoms with Crippen LogP contribution in [0.1, 0.15) is 44.2 Å². The van der Waals surface area contributed by atoms with Crippen molar-refractivity contribution in [2.45, 2.75) is 45.6 Å². The van der Waals surface area contributed by atoms with Crippen molar-refractivity contribution in [3.05, 3.63) is 64.7 Å². The molecule has 0 fully saturated rings. The number of halogens is 1. The van der Waals surface area contributed by atoms with Gasteiger partial charge in [-0.15, -0.1) is 0 Å². The first-order valence-corrected chi connectivity index (χ1v) is 11.9. The fraction of sp³-hybridized carbons (Fsp3) is 0.409. The van der Waals surface area contributed by atoms with E-state index >= 15 is 0 Å². The van der Waals surface area contributed by atoms with Crippen molar-refractivity contribution in [2.75, 3.05) is 17.1 Å². The number of nitrogens with one attached hydrogen (secondary N) is 1. The van der Waals surface area contributed by atoms with Crippen molar-refractivity contribution in [1.29, 1.82) is 0 Å². The topological polar surface area (TPSA) is 66.5 Å². The number of hydrogen-bond donors (Lipinski definition) is 1. The lowest BCUT2D eigenvalue weighted by Crippen LogP contribution is -2.48. The average Bonchev–Trinajstić information content (AvgIpc) is 2.66. The molecule has 2 aromatic carbocycles. The van der Waals surface area contributed by atoms with Crippen LogP contribution in [0.3, 0.4) is 0 Å². The Hall–Kier alpha value is -2.05. The van der Waals surface area contributed by atoms with Gasteiger partial charge in [-0.25, -0.2) is 8.42 Å². The fourth-order valence-corrected chi connectivity index (χ4v) is 4.42. The van der Waals surface area contributed by atoms with Gasteiger partial charge < -0.3 is 5.32 Å². The Morgan fingerprint density at radius 2 is 1.62 bits per heavy atom. The summed E-state index contributed by atoms with van der Waals surface area (Å²) in [6.45, 7) is 6.38. The molecule has 2 aromatic rings. The maximum Gasteiger partial charge on any atom is 0.243 e. The molecule has 7 heteroatoms. The van der Waals surface area contributed by atoms with Gasteiger partial charge in [-0.3, -0.25) is 9.10 Å². The third-order valence-corrected chi connectivity index (χ3v) is 6.25. The second kappa shape index (κ2) is 10.1. The second-order valence-electron chi connectivity index (χ2n) is 7.50. The summed E-state index contributed by atoms with van der Waals surface area (Å²) < 4.78 is 25.6. The molecule has 0 aliphatic carbocycles. The zero-order chi connectivity index (χ0) is 21.6. The van der Waals surface area contributed by atoms with E-state index in [9.17, 15) is 13.2 Å². The first-order chi connectivity index (χ1) is 13.6. The van der Waals surface area contributed by atoms with E-state index < -0.39 is 16.1 Å². The molecule has 5 nitrogen and oxygen atoms in total. The maximum atomic E-state index is 12.6. The van der Waals surface area contributed by atoms with Crippen LogP contribution in [0.4, 0.5) is 5.69 Å². The van der Waals surface area contributed by atoms with Gasteiger partial charge in [0.1, 0.15) is 6.04 Å². The molecule has 0 bridgehead atoms. The number of benzene rings is 2. The molecule has 0 saturated carbocycles. The lowest BCUT2D eigenvalue weighted by Gasteiger charge is -2.28. The number of anilines is 1. The predicted molar refractivity (Wildman–Crippen MR) is 120 cm³/mol. The van der Waals surface area contributed by atoms with Crippen molar-refractivity contribution in [2.24, 2.45) is 0 Å². The lowest BCUT2D eigenvalue weighted by molar-refractivity contribution is -0.121. The largest absolute Gasteiger partial charge is 0.354 e. The van der Waals surface area contributed by atoms with E-state index in [1.54, 1.807) is 31.2 Å². The molecule has 1 atom stereocenters. The van der Waals surface area contributed by atoms with Gasteiger partial charge in [-0.1, -0.05) is 49.7 Å². The minimum Gasteiger partial charge on any atom is -0.354 e. The summed E-state index contributed by atoms with van der Waals surface area (Å²) in [5, 5.41) is 3.35. The highest BCUT2D eigenvalue weighted by Crippen LogP contribution is 2.23. The number of rotatable bonds is 9. The van der Waals surface area contributed by atoms with E-state index in [2.05, 4.69) is 43.4 Å². The highest BCUT2D eigenvalue weighted by atomic mass is 35.5. The van der Waals surface area contributed by atoms with E-state index in [-0.39, 0.29) is 5.91 Å². The predicted octanol–water partition coefficient (Wildman–Crippen LogP) is 4.37. The highest BCUT2D eigenvalue weighted by Gasteiger charge is 2.28. The van der Waals surface area contributed by atoms with Crippen molar-refractivity contribution < 1.29 is 13.2 Å². The van der Waals surface area contributed by atoms with Gasteiger partial charge in [0.05, 0.1) is 11.9 Å². The molecule has 1 amide bonds. The SMILES string of the molecule is CC(C)c1ccc(CCCNC(=O)[C@@H](C)N(c2ccc(Cl)cc2)S(C)(=O)=O)cc1. The molecule has 29 heavy (non-hydrogen) atoms. The van der Waals surface area contributed by atoms with Crippen LogP contribution in [-0.4, -0.2) is 33.2 Å². The molecule has 2 rings (SSSR count). The van der Waals surface area contributed by atoms with Gasteiger partial charge in [0, 0.05) is 11.6 Å². The summed E-state index contributed by atoms with van der Waals surface area (Å²) in [6, 6.07) is 14.0. The Bertz CT molecular complexity index is 910. The Morgan fingerprint density at radius 1 is 1.03 bits per heavy atom. The van der Waals surface area contributed by atoms with Crippen molar-refractivity contribution >= 4 is 33.2 Å². The van der Waals surface area contributed by atoms with Crippen LogP contribution in [0.15, 0.2) is 48.5 Å². The van der Waals surface area contributed by atoms with Crippen molar-refractivity contribution in [3.63, 3.8) is 0 Å². The maximum absolute atomic E-state index is 12.6. The number of carbonyl (C=O) groups excluding carboxylic acids is 1. The molecule has 0 saturated heterocycles. The van der Waals surface area contributed by atoms with Crippen molar-refractivity contribution in [1.82, 2.24) is 5.32 Å². The minimum atomic E-state index is -3.63. The van der Waals surface area contributed by atoms with Gasteiger partial charge in [0.2, 0.25) is 15.9 Å². The number of amides is 1. The van der Waals surface area contributed by atoms with Crippen LogP contribution in [0.2, 0.25) is 5.02 Å². The summed E-state index contributed by atoms with van der Waals surface area (Å²) in [5.41, 5.74) is 2.93. The number of sulfonamides is 1. The molecule has 158 valence electrons. The number of hydrogen-bond acceptors (Lipinski definition) is 3. The van der Waals surface area contributed by atoms with Gasteiger partial charge in [0.15, 0.2) is 0 Å². The Kier molecular flexibility index (Phi) is 8.11. The number of aryl methyl sites for hydroxylation is 1. The monoisotopic (exact) mass is 436 g/mol. The Labute approximate surface area is 179 Å². The highest BCUT2D eigenvalue weighted by molar-refractivity contribution is 7.92. The van der Waals surface area contributed by atoms with Crippen LogP contribution >= 0.6 is 11.6 Å². The Balaban J connectivity index is 1.93. The van der Waals surface area contributed by atoms with Crippen LogP contribution < -0.4 is 9.62 Å². The normalized spacial score (nSPS) is 12.6. The second-order valence-corrected chi connectivity index (χ2v) is 9.80. The molecule has 0 aliphatic heterocycles. The third-order valence-electron chi connectivity index (χ3n) is 4.76. The summed E-state index contributed by atoms with van der Waals surface area (Å²) in [6.07, 6.45) is 2.71. The molecule has 0 unspecified atom stereocenters. The zero-order valence-corrected chi connectivity index (χ0v) is 18.9. The first-order valence-electron chi connectivity index (χ1n) is 9.71. The van der Waals surface area contributed by atoms with E-state index in [0.29, 0.717) is 23.2 Å². The molecule has 0 aliphatic rings. The molecule has 0 radical (unpaired) electrons. The summed E-state index contributed by atoms with van der Waals surface area (Å²) >= 11 is 5.88. The summed E-state index contributed by atoms with van der Waals surface area (Å²) in [5.74, 6) is 0.170. The van der Waals surface area contributed by atoms with E-state index in [4.69, 9.17) is 11.6 Å². The smallest absolute Gasteiger partial charge is 0.243 e. The Morgan fingerprint density at radius 3 is 2.14 bits per heavy atom. The minimum absolute atomic E-state index is 0.333. The van der Waals surface area contributed by atoms with Gasteiger partial charge >= 0.3 is 0 Å². The average molecular weight is 437 g/mol. The molecular formula is C22H29ClN2O3S. The standard InChI is InChI=1S/C22H29ClN2O3S/c1-16(2)19-9-7-18(8-10-19)6-5-15-24-22(26)17(3)25(29(4,27)28)21-13-11-20(23)12-14-21/h7-14,16-17H,5-6,15H2,1-4H3,(H,24,26)/t17-/m1/s1. The number of nitrogens with zero attached hydrogens (tertiary/aromatic N) is 1. The van der Waals surface area contributed by atoms with Crippen LogP contribution in [-0.2, 0) is 21.2 Å². The van der Waals surface area contributed by atoms with Gasteiger partial charge in [-0.2, -0.15) is 0 Å². The van der Waals surface area contributed by atoms with E-state index in [0.717, 1.165) is 23.4 Å². The van der Waals surface area contributed by atoms with Crippen LogP contribution in [0, 0.1) is 0 Å². The fourth-order valence-electron chi connectivity index (χ4n) is 3.12. The summed E-state index contributed by atoms with van der Waals surface area (Å²) in [4.78, 5) is 12.6. The van der Waals surface area contributed by atoms with E-state index in [1.165, 1.54) is 11.1 Å². The molecule has 0 aromatic heterocycles. The first kappa shape index (κ1) is 23.2. The molecule has 0 spiro atoms. The van der Waals surface area contributed by atoms with Crippen molar-refractivity contribution in [3.8, 4) is 0 Å². The number of carbonyl (C=O) groups is 1. The van der Waals surface area contributed by atoms with Crippen LogP contribution in [0.25, 0.3) is 0 Å². The van der Waals surface area contributed by atoms with Gasteiger partial charge in [-0.05, 0) is 61.1 Å². The molecular weight excluding hydrogens is 408 g/mol. The molecule has 1 N–H and O–H groups in total. The quantitative estimate of drug-likeness (QED) is 0.593. The zero-order valence-electron chi connectivity index (χ0n) is 17.4. The van der Waals surface area contributed by atoms with Gasteiger partial charge in [0.25, 0.3) is 0 Å². The summed E-state index contributed by atoms with van der Waals surface area (Å²) in [7, 11) is -3.63. The molecule has 0 heterocycles.